The van der Waals surface area contributed by atoms with Crippen LogP contribution in [0.2, 0.25) is 0 Å². The van der Waals surface area contributed by atoms with E-state index in [4.69, 9.17) is 5.73 Å². The molecule has 18 heavy (non-hydrogen) atoms. The van der Waals surface area contributed by atoms with E-state index in [-0.39, 0.29) is 17.2 Å². The maximum atomic E-state index is 11.2. The third-order valence-corrected chi connectivity index (χ3v) is 2.92. The number of nitrogens with zero attached hydrogens (tertiary/aromatic N) is 2. The summed E-state index contributed by atoms with van der Waals surface area (Å²) in [6.45, 7) is 1.45. The summed E-state index contributed by atoms with van der Waals surface area (Å²) in [7, 11) is 0. The van der Waals surface area contributed by atoms with Crippen LogP contribution in [0.1, 0.15) is 17.4 Å². The average Bonchev–Trinajstić information content (AvgIpc) is 2.28. The third kappa shape index (κ3) is 2.95. The molecule has 6 nitrogen and oxygen atoms in total. The number of pyridine rings is 1. The van der Waals surface area contributed by atoms with Crippen molar-refractivity contribution in [2.45, 2.75) is 17.0 Å². The molecule has 0 aliphatic heterocycles. The van der Waals surface area contributed by atoms with Crippen molar-refractivity contribution in [3.63, 3.8) is 0 Å². The zero-order valence-electron chi connectivity index (χ0n) is 9.51. The van der Waals surface area contributed by atoms with Gasteiger partial charge >= 0.3 is 0 Å². The van der Waals surface area contributed by atoms with E-state index in [0.717, 1.165) is 4.90 Å². The molecule has 0 radical (unpaired) electrons. The molecule has 2 aromatic heterocycles. The SMILES string of the molecule is CC(=O)c1ccc(Sc2nc(N)cc(=O)[nH]2)cn1. The number of carbonyl (C=O) groups is 1. The molecular weight excluding hydrogens is 252 g/mol. The molecule has 92 valence electrons. The number of nitrogen functional groups attached to an aromatic ring is 1. The van der Waals surface area contributed by atoms with Crippen molar-refractivity contribution in [3.05, 3.63) is 40.4 Å². The third-order valence-electron chi connectivity index (χ3n) is 2.05. The van der Waals surface area contributed by atoms with Gasteiger partial charge in [0.15, 0.2) is 10.9 Å². The number of rotatable bonds is 3. The number of hydrogen-bond acceptors (Lipinski definition) is 6. The lowest BCUT2D eigenvalue weighted by atomic mass is 10.3. The van der Waals surface area contributed by atoms with Gasteiger partial charge in [-0.15, -0.1) is 0 Å². The molecule has 0 aromatic carbocycles. The van der Waals surface area contributed by atoms with Gasteiger partial charge in [0, 0.05) is 24.1 Å². The zero-order valence-corrected chi connectivity index (χ0v) is 10.3. The number of carbonyl (C=O) groups excluding carboxylic acids is 1. The number of ketones is 1. The first kappa shape index (κ1) is 12.3. The minimum atomic E-state index is -0.307. The monoisotopic (exact) mass is 262 g/mol. The molecule has 0 spiro atoms. The maximum absolute atomic E-state index is 11.2. The van der Waals surface area contributed by atoms with Crippen LogP contribution in [0.4, 0.5) is 5.82 Å². The summed E-state index contributed by atoms with van der Waals surface area (Å²) in [6.07, 6.45) is 1.55. The molecule has 0 saturated carbocycles. The van der Waals surface area contributed by atoms with Crippen molar-refractivity contribution in [3.8, 4) is 0 Å². The van der Waals surface area contributed by atoms with Gasteiger partial charge in [-0.1, -0.05) is 11.8 Å². The summed E-state index contributed by atoms with van der Waals surface area (Å²) in [6, 6.07) is 4.56. The van der Waals surface area contributed by atoms with Gasteiger partial charge in [0.1, 0.15) is 11.5 Å². The Morgan fingerprint density at radius 3 is 2.78 bits per heavy atom. The maximum Gasteiger partial charge on any atom is 0.253 e. The number of Topliss-reactive ketones (excluding diaryl/α,β-unsaturated/α-hetero) is 1. The van der Waals surface area contributed by atoms with Gasteiger partial charge in [-0.05, 0) is 12.1 Å². The minimum absolute atomic E-state index is 0.0953. The molecular formula is C11H10N4O2S. The van der Waals surface area contributed by atoms with E-state index in [2.05, 4.69) is 15.0 Å². The second kappa shape index (κ2) is 5.01. The fraction of sp³-hybridized carbons (Fsp3) is 0.0909. The molecule has 0 amide bonds. The largest absolute Gasteiger partial charge is 0.383 e. The lowest BCUT2D eigenvalue weighted by Gasteiger charge is -2.01. The molecule has 2 heterocycles. The van der Waals surface area contributed by atoms with Crippen molar-refractivity contribution < 1.29 is 4.79 Å². The van der Waals surface area contributed by atoms with Crippen LogP contribution in [0.15, 0.2) is 39.2 Å². The van der Waals surface area contributed by atoms with Crippen molar-refractivity contribution >= 4 is 23.4 Å². The summed E-state index contributed by atoms with van der Waals surface area (Å²) in [5.41, 5.74) is 5.56. The number of aromatic nitrogens is 3. The molecule has 0 saturated heterocycles. The first-order valence-corrected chi connectivity index (χ1v) is 5.88. The Hall–Kier alpha value is -2.15. The van der Waals surface area contributed by atoms with Crippen molar-refractivity contribution in [2.75, 3.05) is 5.73 Å². The average molecular weight is 262 g/mol. The molecule has 0 aliphatic carbocycles. The number of hydrogen-bond donors (Lipinski definition) is 2. The molecule has 0 unspecified atom stereocenters. The van der Waals surface area contributed by atoms with E-state index in [1.807, 2.05) is 0 Å². The summed E-state index contributed by atoms with van der Waals surface area (Å²) >= 11 is 1.22. The predicted octanol–water partition coefficient (Wildman–Crippen LogP) is 1.10. The fourth-order valence-electron chi connectivity index (χ4n) is 1.26. The molecule has 0 fully saturated rings. The second-order valence-corrected chi connectivity index (χ2v) is 4.58. The first-order chi connectivity index (χ1) is 8.54. The fourth-order valence-corrected chi connectivity index (χ4v) is 2.03. The first-order valence-electron chi connectivity index (χ1n) is 5.06. The van der Waals surface area contributed by atoms with Gasteiger partial charge in [-0.25, -0.2) is 4.98 Å². The van der Waals surface area contributed by atoms with E-state index in [1.54, 1.807) is 18.3 Å². The lowest BCUT2D eigenvalue weighted by molar-refractivity contribution is 0.101. The Morgan fingerprint density at radius 1 is 1.44 bits per heavy atom. The molecule has 0 atom stereocenters. The van der Waals surface area contributed by atoms with Gasteiger partial charge in [0.05, 0.1) is 0 Å². The van der Waals surface area contributed by atoms with Crippen LogP contribution in [-0.2, 0) is 0 Å². The van der Waals surface area contributed by atoms with E-state index >= 15 is 0 Å². The van der Waals surface area contributed by atoms with Gasteiger partial charge in [-0.2, -0.15) is 0 Å². The van der Waals surface area contributed by atoms with Crippen LogP contribution >= 0.6 is 11.8 Å². The van der Waals surface area contributed by atoms with Gasteiger partial charge < -0.3 is 10.7 Å². The Bertz CT molecular complexity index is 636. The molecule has 0 bridgehead atoms. The number of H-pyrrole nitrogens is 1. The number of nitrogens with one attached hydrogen (secondary N) is 1. The highest BCUT2D eigenvalue weighted by atomic mass is 32.2. The number of aromatic amines is 1. The normalized spacial score (nSPS) is 10.3. The van der Waals surface area contributed by atoms with Crippen LogP contribution in [-0.4, -0.2) is 20.7 Å². The summed E-state index contributed by atoms with van der Waals surface area (Å²) in [5.74, 6) is 0.0663. The summed E-state index contributed by atoms with van der Waals surface area (Å²) in [5, 5.41) is 0.386. The number of anilines is 1. The summed E-state index contributed by atoms with van der Waals surface area (Å²) < 4.78 is 0. The van der Waals surface area contributed by atoms with Crippen LogP contribution in [0, 0.1) is 0 Å². The topological polar surface area (TPSA) is 102 Å². The van der Waals surface area contributed by atoms with Gasteiger partial charge in [0.2, 0.25) is 0 Å². The van der Waals surface area contributed by atoms with E-state index in [9.17, 15) is 9.59 Å². The van der Waals surface area contributed by atoms with E-state index in [0.29, 0.717) is 10.9 Å². The van der Waals surface area contributed by atoms with E-state index in [1.165, 1.54) is 24.8 Å². The second-order valence-electron chi connectivity index (χ2n) is 3.51. The van der Waals surface area contributed by atoms with Crippen LogP contribution in [0.5, 0.6) is 0 Å². The van der Waals surface area contributed by atoms with Crippen LogP contribution in [0.3, 0.4) is 0 Å². The van der Waals surface area contributed by atoms with Crippen molar-refractivity contribution in [1.82, 2.24) is 15.0 Å². The van der Waals surface area contributed by atoms with Gasteiger partial charge in [-0.3, -0.25) is 14.6 Å². The Balaban J connectivity index is 2.23. The lowest BCUT2D eigenvalue weighted by Crippen LogP contribution is -2.09. The highest BCUT2D eigenvalue weighted by molar-refractivity contribution is 7.99. The van der Waals surface area contributed by atoms with Crippen molar-refractivity contribution in [2.24, 2.45) is 0 Å². The Morgan fingerprint density at radius 2 is 2.22 bits per heavy atom. The molecule has 7 heteroatoms. The molecule has 0 aliphatic rings. The smallest absolute Gasteiger partial charge is 0.253 e. The van der Waals surface area contributed by atoms with Crippen LogP contribution in [0.25, 0.3) is 0 Å². The minimum Gasteiger partial charge on any atom is -0.383 e. The highest BCUT2D eigenvalue weighted by Crippen LogP contribution is 2.23. The molecule has 2 aromatic rings. The predicted molar refractivity (Wildman–Crippen MR) is 67.6 cm³/mol. The van der Waals surface area contributed by atoms with Crippen molar-refractivity contribution in [1.29, 1.82) is 0 Å². The Kier molecular flexibility index (Phi) is 3.42. The van der Waals surface area contributed by atoms with Crippen LogP contribution < -0.4 is 11.3 Å². The Labute approximate surface area is 107 Å². The van der Waals surface area contributed by atoms with E-state index < -0.39 is 0 Å². The molecule has 2 rings (SSSR count). The zero-order chi connectivity index (χ0) is 13.1. The van der Waals surface area contributed by atoms with Gasteiger partial charge in [0.25, 0.3) is 5.56 Å². The standard InChI is InChI=1S/C11H10N4O2S/c1-6(16)8-3-2-7(5-13-8)18-11-14-9(12)4-10(17)15-11/h2-5H,1H3,(H3,12,14,15,17). The molecule has 3 N–H and O–H groups in total. The summed E-state index contributed by atoms with van der Waals surface area (Å²) in [4.78, 5) is 33.5. The number of nitrogens with two attached hydrogens (primary N) is 1. The highest BCUT2D eigenvalue weighted by Gasteiger charge is 2.04. The quantitative estimate of drug-likeness (QED) is 0.634.